The molecular formula is C15H11N3O4S. The fourth-order valence-corrected chi connectivity index (χ4v) is 3.37. The van der Waals surface area contributed by atoms with Gasteiger partial charge in [0.1, 0.15) is 0 Å². The van der Waals surface area contributed by atoms with Crippen molar-refractivity contribution in [2.45, 2.75) is 13.8 Å². The minimum atomic E-state index is -0.609. The number of aliphatic imine (C=N–C) groups is 1. The summed E-state index contributed by atoms with van der Waals surface area (Å²) in [5, 5.41) is 2.55. The van der Waals surface area contributed by atoms with E-state index in [1.54, 1.807) is 24.3 Å². The van der Waals surface area contributed by atoms with E-state index in [9.17, 15) is 19.2 Å². The van der Waals surface area contributed by atoms with Crippen molar-refractivity contribution in [2.75, 3.05) is 4.90 Å². The van der Waals surface area contributed by atoms with Gasteiger partial charge in [0.15, 0.2) is 5.17 Å². The predicted octanol–water partition coefficient (Wildman–Crippen LogP) is 1.06. The van der Waals surface area contributed by atoms with Crippen molar-refractivity contribution < 1.29 is 19.2 Å². The van der Waals surface area contributed by atoms with E-state index in [0.29, 0.717) is 11.3 Å². The Balaban J connectivity index is 2.11. The summed E-state index contributed by atoms with van der Waals surface area (Å²) in [5.41, 5.74) is 1.08. The first kappa shape index (κ1) is 15.2. The first-order valence-electron chi connectivity index (χ1n) is 6.67. The van der Waals surface area contributed by atoms with Crippen molar-refractivity contribution >= 4 is 51.8 Å². The number of carbonyl (C=O) groups excluding carboxylic acids is 4. The highest BCUT2D eigenvalue weighted by atomic mass is 32.2. The molecule has 0 unspecified atom stereocenters. The van der Waals surface area contributed by atoms with Gasteiger partial charge in [-0.2, -0.15) is 4.99 Å². The van der Waals surface area contributed by atoms with Gasteiger partial charge < -0.3 is 5.32 Å². The fourth-order valence-electron chi connectivity index (χ4n) is 2.42. The highest BCUT2D eigenvalue weighted by Gasteiger charge is 2.40. The van der Waals surface area contributed by atoms with Crippen LogP contribution in [0.15, 0.2) is 34.2 Å². The molecule has 0 fully saturated rings. The molecule has 2 aliphatic heterocycles. The number of imide groups is 1. The van der Waals surface area contributed by atoms with Crippen LogP contribution >= 0.6 is 11.8 Å². The summed E-state index contributed by atoms with van der Waals surface area (Å²) in [4.78, 5) is 52.4. The summed E-state index contributed by atoms with van der Waals surface area (Å²) in [7, 11) is 0. The van der Waals surface area contributed by atoms with Crippen molar-refractivity contribution in [3.8, 4) is 0 Å². The van der Waals surface area contributed by atoms with E-state index >= 15 is 0 Å². The zero-order chi connectivity index (χ0) is 16.7. The number of rotatable bonds is 0. The molecule has 1 aromatic carbocycles. The number of carbonyl (C=O) groups is 4. The van der Waals surface area contributed by atoms with E-state index in [4.69, 9.17) is 0 Å². The van der Waals surface area contributed by atoms with Gasteiger partial charge in [-0.1, -0.05) is 18.2 Å². The zero-order valence-electron chi connectivity index (χ0n) is 12.2. The van der Waals surface area contributed by atoms with Gasteiger partial charge in [0.2, 0.25) is 11.8 Å². The van der Waals surface area contributed by atoms with Crippen LogP contribution in [0.1, 0.15) is 19.4 Å². The molecule has 0 aliphatic carbocycles. The molecule has 4 amide bonds. The maximum atomic E-state index is 12.6. The number of para-hydroxylation sites is 1. The number of fused-ring (bicyclic) bond motifs is 1. The second-order valence-corrected chi connectivity index (χ2v) is 5.89. The summed E-state index contributed by atoms with van der Waals surface area (Å²) in [6.45, 7) is 2.58. The molecule has 1 aromatic rings. The Morgan fingerprint density at radius 2 is 1.87 bits per heavy atom. The summed E-state index contributed by atoms with van der Waals surface area (Å²) >= 11 is 0.915. The Morgan fingerprint density at radius 1 is 1.17 bits per heavy atom. The van der Waals surface area contributed by atoms with Gasteiger partial charge in [-0.15, -0.1) is 0 Å². The molecule has 1 N–H and O–H groups in total. The van der Waals surface area contributed by atoms with Crippen LogP contribution in [-0.4, -0.2) is 28.8 Å². The lowest BCUT2D eigenvalue weighted by atomic mass is 10.1. The molecule has 2 aliphatic rings. The van der Waals surface area contributed by atoms with Crippen LogP contribution in [0.5, 0.6) is 0 Å². The lowest BCUT2D eigenvalue weighted by molar-refractivity contribution is -0.122. The quantitative estimate of drug-likeness (QED) is 0.718. The number of benzene rings is 1. The smallest absolute Gasteiger partial charge is 0.287 e. The Labute approximate surface area is 135 Å². The third-order valence-corrected chi connectivity index (χ3v) is 4.22. The third kappa shape index (κ3) is 2.46. The molecule has 0 saturated carbocycles. The van der Waals surface area contributed by atoms with E-state index < -0.39 is 17.7 Å². The maximum Gasteiger partial charge on any atom is 0.287 e. The van der Waals surface area contributed by atoms with E-state index in [1.165, 1.54) is 13.8 Å². The summed E-state index contributed by atoms with van der Waals surface area (Å²) in [6.07, 6.45) is 0. The second-order valence-electron chi connectivity index (χ2n) is 4.89. The molecule has 3 rings (SSSR count). The van der Waals surface area contributed by atoms with E-state index in [2.05, 4.69) is 10.3 Å². The molecule has 0 saturated heterocycles. The van der Waals surface area contributed by atoms with Crippen LogP contribution < -0.4 is 10.2 Å². The summed E-state index contributed by atoms with van der Waals surface area (Å²) in [6, 6.07) is 6.74. The molecule has 2 heterocycles. The largest absolute Gasteiger partial charge is 0.305 e. The highest BCUT2D eigenvalue weighted by Crippen LogP contribution is 2.42. The van der Waals surface area contributed by atoms with Gasteiger partial charge in [0, 0.05) is 19.4 Å². The van der Waals surface area contributed by atoms with Crippen LogP contribution in [0.4, 0.5) is 5.69 Å². The molecule has 0 radical (unpaired) electrons. The Morgan fingerprint density at radius 3 is 2.52 bits per heavy atom. The number of amidine groups is 1. The second kappa shape index (κ2) is 5.47. The number of hydrogen-bond acceptors (Lipinski definition) is 5. The van der Waals surface area contributed by atoms with Crippen molar-refractivity contribution in [2.24, 2.45) is 4.99 Å². The Hall–Kier alpha value is -2.74. The average molecular weight is 329 g/mol. The molecule has 0 spiro atoms. The van der Waals surface area contributed by atoms with Crippen LogP contribution in [-0.2, 0) is 19.2 Å². The lowest BCUT2D eigenvalue weighted by Crippen LogP contribution is -2.31. The van der Waals surface area contributed by atoms with Gasteiger partial charge in [-0.25, -0.2) is 4.90 Å². The van der Waals surface area contributed by atoms with Crippen molar-refractivity contribution in [1.29, 1.82) is 0 Å². The maximum absolute atomic E-state index is 12.6. The van der Waals surface area contributed by atoms with Crippen LogP contribution in [0.3, 0.4) is 0 Å². The molecule has 116 valence electrons. The molecule has 8 heteroatoms. The third-order valence-electron chi connectivity index (χ3n) is 3.25. The van der Waals surface area contributed by atoms with Crippen molar-refractivity contribution in [3.63, 3.8) is 0 Å². The number of thioether (sulfide) groups is 1. The van der Waals surface area contributed by atoms with Gasteiger partial charge >= 0.3 is 0 Å². The van der Waals surface area contributed by atoms with Crippen LogP contribution in [0.25, 0.3) is 5.57 Å². The molecule has 7 nitrogen and oxygen atoms in total. The first-order valence-corrected chi connectivity index (χ1v) is 7.49. The number of nitrogens with zero attached hydrogens (tertiary/aromatic N) is 2. The SMILES string of the molecule is CC(=O)NC1=NC(=O)/C(=C2/C(=O)N(C(C)=O)c3ccccc32)S1. The molecular weight excluding hydrogens is 318 g/mol. The molecule has 0 atom stereocenters. The summed E-state index contributed by atoms with van der Waals surface area (Å²) < 4.78 is 0. The van der Waals surface area contributed by atoms with Crippen LogP contribution in [0, 0.1) is 0 Å². The monoisotopic (exact) mass is 329 g/mol. The van der Waals surface area contributed by atoms with Gasteiger partial charge in [0.25, 0.3) is 11.8 Å². The number of anilines is 1. The predicted molar refractivity (Wildman–Crippen MR) is 85.4 cm³/mol. The van der Waals surface area contributed by atoms with E-state index in [0.717, 1.165) is 16.7 Å². The van der Waals surface area contributed by atoms with Gasteiger partial charge in [-0.05, 0) is 17.8 Å². The Kier molecular flexibility index (Phi) is 3.61. The minimum Gasteiger partial charge on any atom is -0.305 e. The standard InChI is InChI=1S/C15H11N3O4S/c1-7(19)16-15-17-13(21)12(23-15)11-9-5-3-4-6-10(9)18(8(2)20)14(11)22/h3-6H,1-2H3,(H,16,17,19,21)/b12-11-. The molecule has 0 bridgehead atoms. The lowest BCUT2D eigenvalue weighted by Gasteiger charge is -2.11. The van der Waals surface area contributed by atoms with Crippen LogP contribution in [0.2, 0.25) is 0 Å². The average Bonchev–Trinajstić information content (AvgIpc) is 2.94. The number of amides is 4. The number of hydrogen-bond donors (Lipinski definition) is 1. The highest BCUT2D eigenvalue weighted by molar-refractivity contribution is 8.18. The van der Waals surface area contributed by atoms with E-state index in [1.807, 2.05) is 0 Å². The normalized spacial score (nSPS) is 19.7. The minimum absolute atomic E-state index is 0.106. The van der Waals surface area contributed by atoms with Crippen molar-refractivity contribution in [1.82, 2.24) is 5.32 Å². The van der Waals surface area contributed by atoms with E-state index in [-0.39, 0.29) is 21.6 Å². The molecule has 23 heavy (non-hydrogen) atoms. The molecule has 0 aromatic heterocycles. The van der Waals surface area contributed by atoms with Crippen molar-refractivity contribution in [3.05, 3.63) is 34.7 Å². The van der Waals surface area contributed by atoms with Gasteiger partial charge in [-0.3, -0.25) is 19.2 Å². The summed E-state index contributed by atoms with van der Waals surface area (Å²) in [5.74, 6) is -1.97. The number of nitrogens with one attached hydrogen (secondary N) is 1. The topological polar surface area (TPSA) is 95.9 Å². The Bertz CT molecular complexity index is 841. The first-order chi connectivity index (χ1) is 10.9. The fraction of sp³-hybridized carbons (Fsp3) is 0.133. The zero-order valence-corrected chi connectivity index (χ0v) is 13.1. The van der Waals surface area contributed by atoms with Gasteiger partial charge in [0.05, 0.1) is 16.2 Å².